The van der Waals surface area contributed by atoms with Gasteiger partial charge < -0.3 is 14.8 Å². The Labute approximate surface area is 130 Å². The van der Waals surface area contributed by atoms with Crippen molar-refractivity contribution >= 4 is 11.9 Å². The standard InChI is InChI=1S/C16H15F2NO4/c1-2-13-12(16(21)22)8-14(23-13)15(20)19-4-3-9-5-10(17)7-11(18)6-9/h5-8H,2-4H2,1H3,(H,19,20)(H,21,22). The first-order valence-electron chi connectivity index (χ1n) is 7.00. The number of aromatic carboxylic acids is 1. The molecule has 1 heterocycles. The SMILES string of the molecule is CCc1oc(C(=O)NCCc2cc(F)cc(F)c2)cc1C(=O)O. The molecule has 0 radical (unpaired) electrons. The van der Waals surface area contributed by atoms with E-state index >= 15 is 0 Å². The van der Waals surface area contributed by atoms with Gasteiger partial charge in [0.15, 0.2) is 5.76 Å². The molecule has 2 aromatic rings. The van der Waals surface area contributed by atoms with Crippen molar-refractivity contribution in [2.24, 2.45) is 0 Å². The van der Waals surface area contributed by atoms with Gasteiger partial charge in [-0.05, 0) is 24.1 Å². The highest BCUT2D eigenvalue weighted by Crippen LogP contribution is 2.16. The van der Waals surface area contributed by atoms with Gasteiger partial charge in [0.2, 0.25) is 0 Å². The molecule has 2 rings (SSSR count). The number of furan rings is 1. The largest absolute Gasteiger partial charge is 0.478 e. The average Bonchev–Trinajstić information content (AvgIpc) is 2.90. The second-order valence-corrected chi connectivity index (χ2v) is 4.89. The third kappa shape index (κ3) is 4.15. The van der Waals surface area contributed by atoms with Gasteiger partial charge in [-0.1, -0.05) is 6.92 Å². The quantitative estimate of drug-likeness (QED) is 0.857. The van der Waals surface area contributed by atoms with Gasteiger partial charge in [-0.15, -0.1) is 0 Å². The predicted molar refractivity (Wildman–Crippen MR) is 77.4 cm³/mol. The molecule has 23 heavy (non-hydrogen) atoms. The van der Waals surface area contributed by atoms with E-state index in [4.69, 9.17) is 9.52 Å². The molecule has 122 valence electrons. The first kappa shape index (κ1) is 16.7. The Balaban J connectivity index is 1.98. The fourth-order valence-corrected chi connectivity index (χ4v) is 2.15. The molecule has 0 aliphatic heterocycles. The summed E-state index contributed by atoms with van der Waals surface area (Å²) < 4.78 is 31.3. The lowest BCUT2D eigenvalue weighted by atomic mass is 10.1. The summed E-state index contributed by atoms with van der Waals surface area (Å²) in [7, 11) is 0. The Bertz CT molecular complexity index is 719. The van der Waals surface area contributed by atoms with Gasteiger partial charge in [0.25, 0.3) is 5.91 Å². The first-order valence-corrected chi connectivity index (χ1v) is 7.00. The van der Waals surface area contributed by atoms with Crippen LogP contribution in [-0.4, -0.2) is 23.5 Å². The molecular formula is C16H15F2NO4. The van der Waals surface area contributed by atoms with Crippen molar-refractivity contribution < 1.29 is 27.9 Å². The monoisotopic (exact) mass is 323 g/mol. The van der Waals surface area contributed by atoms with Crippen molar-refractivity contribution in [3.8, 4) is 0 Å². The van der Waals surface area contributed by atoms with E-state index in [1.807, 2.05) is 0 Å². The number of carbonyl (C=O) groups is 2. The molecule has 5 nitrogen and oxygen atoms in total. The van der Waals surface area contributed by atoms with Crippen LogP contribution in [0.3, 0.4) is 0 Å². The van der Waals surface area contributed by atoms with Crippen LogP contribution in [0.5, 0.6) is 0 Å². The zero-order valence-corrected chi connectivity index (χ0v) is 12.4. The van der Waals surface area contributed by atoms with Gasteiger partial charge in [-0.2, -0.15) is 0 Å². The highest BCUT2D eigenvalue weighted by atomic mass is 19.1. The predicted octanol–water partition coefficient (Wildman–Crippen LogP) is 2.79. The van der Waals surface area contributed by atoms with Crippen LogP contribution in [0.4, 0.5) is 8.78 Å². The van der Waals surface area contributed by atoms with Gasteiger partial charge in [0.1, 0.15) is 23.0 Å². The van der Waals surface area contributed by atoms with E-state index in [0.29, 0.717) is 12.0 Å². The number of hydrogen-bond donors (Lipinski definition) is 2. The number of hydrogen-bond acceptors (Lipinski definition) is 3. The molecule has 0 aliphatic rings. The molecule has 0 saturated carbocycles. The lowest BCUT2D eigenvalue weighted by Crippen LogP contribution is -2.25. The lowest BCUT2D eigenvalue weighted by molar-refractivity contribution is 0.0694. The number of benzene rings is 1. The fraction of sp³-hybridized carbons (Fsp3) is 0.250. The van der Waals surface area contributed by atoms with Crippen molar-refractivity contribution in [2.45, 2.75) is 19.8 Å². The minimum absolute atomic E-state index is 0.0511. The van der Waals surface area contributed by atoms with E-state index in [0.717, 1.165) is 6.07 Å². The van der Waals surface area contributed by atoms with Crippen LogP contribution < -0.4 is 5.32 Å². The zero-order valence-electron chi connectivity index (χ0n) is 12.4. The molecule has 1 aromatic carbocycles. The van der Waals surface area contributed by atoms with Gasteiger partial charge in [-0.3, -0.25) is 4.79 Å². The summed E-state index contributed by atoms with van der Waals surface area (Å²) in [6.07, 6.45) is 0.574. The fourth-order valence-electron chi connectivity index (χ4n) is 2.15. The molecular weight excluding hydrogens is 308 g/mol. The first-order chi connectivity index (χ1) is 10.9. The minimum Gasteiger partial charge on any atom is -0.478 e. The van der Waals surface area contributed by atoms with Gasteiger partial charge in [-0.25, -0.2) is 13.6 Å². The Hall–Kier alpha value is -2.70. The van der Waals surface area contributed by atoms with Gasteiger partial charge in [0.05, 0.1) is 0 Å². The zero-order chi connectivity index (χ0) is 17.0. The van der Waals surface area contributed by atoms with E-state index in [9.17, 15) is 18.4 Å². The maximum atomic E-state index is 13.0. The van der Waals surface area contributed by atoms with Crippen LogP contribution in [0.2, 0.25) is 0 Å². The summed E-state index contributed by atoms with van der Waals surface area (Å²) >= 11 is 0. The molecule has 1 amide bonds. The summed E-state index contributed by atoms with van der Waals surface area (Å²) in [4.78, 5) is 22.9. The van der Waals surface area contributed by atoms with Crippen molar-refractivity contribution in [1.82, 2.24) is 5.32 Å². The number of nitrogens with one attached hydrogen (secondary N) is 1. The van der Waals surface area contributed by atoms with E-state index < -0.39 is 23.5 Å². The molecule has 1 aromatic heterocycles. The summed E-state index contributed by atoms with van der Waals surface area (Å²) in [6, 6.07) is 4.29. The normalized spacial score (nSPS) is 10.6. The van der Waals surface area contributed by atoms with Crippen molar-refractivity contribution in [2.75, 3.05) is 6.54 Å². The van der Waals surface area contributed by atoms with E-state index in [1.54, 1.807) is 6.92 Å². The molecule has 7 heteroatoms. The number of aryl methyl sites for hydroxylation is 1. The van der Waals surface area contributed by atoms with E-state index in [1.165, 1.54) is 18.2 Å². The van der Waals surface area contributed by atoms with Crippen LogP contribution in [0, 0.1) is 11.6 Å². The van der Waals surface area contributed by atoms with Crippen molar-refractivity contribution in [3.05, 3.63) is 58.5 Å². The van der Waals surface area contributed by atoms with Crippen molar-refractivity contribution in [3.63, 3.8) is 0 Å². The van der Waals surface area contributed by atoms with E-state index in [-0.39, 0.29) is 30.0 Å². The molecule has 0 unspecified atom stereocenters. The van der Waals surface area contributed by atoms with Crippen LogP contribution in [0.1, 0.15) is 39.2 Å². The molecule has 0 spiro atoms. The summed E-state index contributed by atoms with van der Waals surface area (Å²) in [5.74, 6) is -3.00. The second kappa shape index (κ2) is 7.04. The Morgan fingerprint density at radius 2 is 1.83 bits per heavy atom. The third-order valence-electron chi connectivity index (χ3n) is 3.21. The molecule has 0 atom stereocenters. The number of carbonyl (C=O) groups excluding carboxylic acids is 1. The third-order valence-corrected chi connectivity index (χ3v) is 3.21. The number of halogens is 2. The Kier molecular flexibility index (Phi) is 5.10. The summed E-state index contributed by atoms with van der Waals surface area (Å²) in [5, 5.41) is 11.5. The molecule has 0 fully saturated rings. The van der Waals surface area contributed by atoms with Crippen LogP contribution in [0.15, 0.2) is 28.7 Å². The second-order valence-electron chi connectivity index (χ2n) is 4.89. The topological polar surface area (TPSA) is 79.5 Å². The number of carboxylic acids is 1. The number of rotatable bonds is 6. The summed E-state index contributed by atoms with van der Waals surface area (Å²) in [5.41, 5.74) is 0.354. The molecule has 0 bridgehead atoms. The van der Waals surface area contributed by atoms with Crippen LogP contribution in [-0.2, 0) is 12.8 Å². The Morgan fingerprint density at radius 3 is 2.35 bits per heavy atom. The maximum Gasteiger partial charge on any atom is 0.339 e. The smallest absolute Gasteiger partial charge is 0.339 e. The molecule has 0 aliphatic carbocycles. The van der Waals surface area contributed by atoms with Gasteiger partial charge >= 0.3 is 5.97 Å². The minimum atomic E-state index is -1.17. The van der Waals surface area contributed by atoms with Crippen molar-refractivity contribution in [1.29, 1.82) is 0 Å². The van der Waals surface area contributed by atoms with E-state index in [2.05, 4.69) is 5.32 Å². The number of carboxylic acid groups (broad SMARTS) is 1. The molecule has 0 saturated heterocycles. The van der Waals surface area contributed by atoms with Gasteiger partial charge in [0, 0.05) is 25.1 Å². The van der Waals surface area contributed by atoms with Crippen LogP contribution in [0.25, 0.3) is 0 Å². The van der Waals surface area contributed by atoms with Crippen LogP contribution >= 0.6 is 0 Å². The highest BCUT2D eigenvalue weighted by molar-refractivity contribution is 5.96. The lowest BCUT2D eigenvalue weighted by Gasteiger charge is -2.04. The highest BCUT2D eigenvalue weighted by Gasteiger charge is 2.19. The molecule has 2 N–H and O–H groups in total. The summed E-state index contributed by atoms with van der Waals surface area (Å²) in [6.45, 7) is 1.84. The average molecular weight is 323 g/mol. The maximum absolute atomic E-state index is 13.0. The Morgan fingerprint density at radius 1 is 1.17 bits per heavy atom. The number of amides is 1.